The predicted octanol–water partition coefficient (Wildman–Crippen LogP) is 2.72. The molecule has 1 aromatic rings. The van der Waals surface area contributed by atoms with Crippen molar-refractivity contribution in [3.8, 4) is 11.5 Å². The van der Waals surface area contributed by atoms with Crippen molar-refractivity contribution in [3.05, 3.63) is 23.8 Å². The molecule has 3 N–H and O–H groups in total. The lowest BCUT2D eigenvalue weighted by molar-refractivity contribution is 0.0522. The van der Waals surface area contributed by atoms with E-state index in [1.807, 2.05) is 39.8 Å². The molecule has 0 spiro atoms. The average molecular weight is 322 g/mol. The molecule has 3 atom stereocenters. The zero-order valence-electron chi connectivity index (χ0n) is 14.3. The summed E-state index contributed by atoms with van der Waals surface area (Å²) in [5, 5.41) is 16.0. The third-order valence-electron chi connectivity index (χ3n) is 3.66. The van der Waals surface area contributed by atoms with Gasteiger partial charge in [-0.1, -0.05) is 6.07 Å². The first-order valence-corrected chi connectivity index (χ1v) is 7.82. The number of phenols is 1. The molecule has 0 bridgehead atoms. The standard InChI is InChI=1S/C17H26N2O4/c1-10(11-6-7-14(20)15(8-11)22-5)18-12-9-13(12)19-16(21)23-17(2,3)4/h6-8,10,12-13,18,20H,9H2,1-5H3,(H,19,21). The van der Waals surface area contributed by atoms with Gasteiger partial charge in [-0.05, 0) is 51.8 Å². The van der Waals surface area contributed by atoms with Gasteiger partial charge < -0.3 is 25.2 Å². The van der Waals surface area contributed by atoms with Crippen LogP contribution < -0.4 is 15.4 Å². The summed E-state index contributed by atoms with van der Waals surface area (Å²) < 4.78 is 10.4. The first-order chi connectivity index (χ1) is 10.7. The van der Waals surface area contributed by atoms with Crippen LogP contribution in [0.1, 0.15) is 45.7 Å². The summed E-state index contributed by atoms with van der Waals surface area (Å²) in [5.41, 5.74) is 0.528. The molecule has 1 fully saturated rings. The quantitative estimate of drug-likeness (QED) is 0.777. The number of hydrogen-bond donors (Lipinski definition) is 3. The molecule has 2 rings (SSSR count). The van der Waals surface area contributed by atoms with Gasteiger partial charge in [0.2, 0.25) is 0 Å². The van der Waals surface area contributed by atoms with Crippen molar-refractivity contribution in [1.82, 2.24) is 10.6 Å². The molecule has 1 saturated carbocycles. The summed E-state index contributed by atoms with van der Waals surface area (Å²) in [7, 11) is 1.53. The highest BCUT2D eigenvalue weighted by atomic mass is 16.6. The molecule has 0 aromatic heterocycles. The van der Waals surface area contributed by atoms with Gasteiger partial charge in [0.15, 0.2) is 11.5 Å². The number of alkyl carbamates (subject to hydrolysis) is 1. The van der Waals surface area contributed by atoms with Crippen molar-refractivity contribution in [2.24, 2.45) is 0 Å². The van der Waals surface area contributed by atoms with E-state index in [1.54, 1.807) is 6.07 Å². The van der Waals surface area contributed by atoms with Crippen molar-refractivity contribution < 1.29 is 19.4 Å². The summed E-state index contributed by atoms with van der Waals surface area (Å²) in [6.45, 7) is 7.56. The number of amides is 1. The Kier molecular flexibility index (Phi) is 5.04. The Hall–Kier alpha value is -1.95. The van der Waals surface area contributed by atoms with Gasteiger partial charge in [0.25, 0.3) is 0 Å². The number of hydrogen-bond acceptors (Lipinski definition) is 5. The molecule has 1 aliphatic carbocycles. The SMILES string of the molecule is COc1cc(C(C)NC2CC2NC(=O)OC(C)(C)C)ccc1O. The van der Waals surface area contributed by atoms with E-state index < -0.39 is 5.60 Å². The largest absolute Gasteiger partial charge is 0.504 e. The van der Waals surface area contributed by atoms with Gasteiger partial charge in [0, 0.05) is 18.1 Å². The summed E-state index contributed by atoms with van der Waals surface area (Å²) in [5.74, 6) is 0.578. The smallest absolute Gasteiger partial charge is 0.407 e. The van der Waals surface area contributed by atoms with E-state index in [4.69, 9.17) is 9.47 Å². The Bertz CT molecular complexity index is 568. The second-order valence-corrected chi connectivity index (χ2v) is 6.91. The van der Waals surface area contributed by atoms with Crippen LogP contribution in [0.4, 0.5) is 4.79 Å². The average Bonchev–Trinajstić information content (AvgIpc) is 3.14. The van der Waals surface area contributed by atoms with Gasteiger partial charge >= 0.3 is 6.09 Å². The lowest BCUT2D eigenvalue weighted by Crippen LogP contribution is -2.37. The summed E-state index contributed by atoms with van der Waals surface area (Å²) in [6, 6.07) is 5.68. The highest BCUT2D eigenvalue weighted by molar-refractivity contribution is 5.68. The fraction of sp³-hybridized carbons (Fsp3) is 0.588. The Morgan fingerprint density at radius 3 is 2.65 bits per heavy atom. The van der Waals surface area contributed by atoms with E-state index in [-0.39, 0.29) is 30.0 Å². The van der Waals surface area contributed by atoms with Gasteiger partial charge in [-0.2, -0.15) is 0 Å². The minimum absolute atomic E-state index is 0.0833. The zero-order valence-corrected chi connectivity index (χ0v) is 14.3. The fourth-order valence-corrected chi connectivity index (χ4v) is 2.38. The summed E-state index contributed by atoms with van der Waals surface area (Å²) in [6.07, 6.45) is 0.490. The molecular weight excluding hydrogens is 296 g/mol. The Morgan fingerprint density at radius 2 is 2.04 bits per heavy atom. The first kappa shape index (κ1) is 17.4. The topological polar surface area (TPSA) is 79.8 Å². The van der Waals surface area contributed by atoms with Crippen molar-refractivity contribution in [3.63, 3.8) is 0 Å². The highest BCUT2D eigenvalue weighted by Gasteiger charge is 2.40. The summed E-state index contributed by atoms with van der Waals surface area (Å²) in [4.78, 5) is 11.7. The fourth-order valence-electron chi connectivity index (χ4n) is 2.38. The maximum Gasteiger partial charge on any atom is 0.407 e. The lowest BCUT2D eigenvalue weighted by Gasteiger charge is -2.20. The Labute approximate surface area is 137 Å². The molecule has 23 heavy (non-hydrogen) atoms. The summed E-state index contributed by atoms with van der Waals surface area (Å²) >= 11 is 0. The third-order valence-corrected chi connectivity index (χ3v) is 3.66. The van der Waals surface area contributed by atoms with Gasteiger partial charge in [0.05, 0.1) is 7.11 Å². The van der Waals surface area contributed by atoms with Crippen LogP contribution >= 0.6 is 0 Å². The molecule has 3 unspecified atom stereocenters. The lowest BCUT2D eigenvalue weighted by atomic mass is 10.1. The molecular formula is C17H26N2O4. The molecule has 0 aliphatic heterocycles. The number of aromatic hydroxyl groups is 1. The molecule has 1 aromatic carbocycles. The van der Waals surface area contributed by atoms with Gasteiger partial charge in [0.1, 0.15) is 5.60 Å². The molecule has 1 aliphatic rings. The maximum absolute atomic E-state index is 11.7. The van der Waals surface area contributed by atoms with Crippen LogP contribution in [-0.2, 0) is 4.74 Å². The van der Waals surface area contributed by atoms with Crippen LogP contribution in [0, 0.1) is 0 Å². The van der Waals surface area contributed by atoms with Crippen LogP contribution in [0.15, 0.2) is 18.2 Å². The van der Waals surface area contributed by atoms with E-state index in [2.05, 4.69) is 10.6 Å². The number of methoxy groups -OCH3 is 1. The van der Waals surface area contributed by atoms with Crippen LogP contribution in [0.5, 0.6) is 11.5 Å². The minimum Gasteiger partial charge on any atom is -0.504 e. The minimum atomic E-state index is -0.488. The van der Waals surface area contributed by atoms with Crippen LogP contribution in [0.25, 0.3) is 0 Å². The number of phenolic OH excluding ortho intramolecular Hbond substituents is 1. The van der Waals surface area contributed by atoms with E-state index in [0.29, 0.717) is 5.75 Å². The molecule has 128 valence electrons. The number of rotatable bonds is 5. The predicted molar refractivity (Wildman–Crippen MR) is 87.8 cm³/mol. The van der Waals surface area contributed by atoms with Crippen LogP contribution in [0.2, 0.25) is 0 Å². The van der Waals surface area contributed by atoms with E-state index in [0.717, 1.165) is 12.0 Å². The van der Waals surface area contributed by atoms with Crippen LogP contribution in [-0.4, -0.2) is 36.0 Å². The molecule has 0 radical (unpaired) electrons. The van der Waals surface area contributed by atoms with Crippen molar-refractivity contribution in [2.45, 2.75) is 57.8 Å². The van der Waals surface area contributed by atoms with Crippen molar-refractivity contribution in [2.75, 3.05) is 7.11 Å². The maximum atomic E-state index is 11.7. The monoisotopic (exact) mass is 322 g/mol. The molecule has 6 heteroatoms. The third kappa shape index (κ3) is 5.03. The number of carbonyl (C=O) groups excluding carboxylic acids is 1. The normalized spacial score (nSPS) is 21.4. The number of nitrogens with one attached hydrogen (secondary N) is 2. The van der Waals surface area contributed by atoms with E-state index in [1.165, 1.54) is 7.11 Å². The molecule has 0 saturated heterocycles. The Morgan fingerprint density at radius 1 is 1.35 bits per heavy atom. The van der Waals surface area contributed by atoms with Crippen LogP contribution in [0.3, 0.4) is 0 Å². The number of ether oxygens (including phenoxy) is 2. The van der Waals surface area contributed by atoms with E-state index in [9.17, 15) is 9.90 Å². The van der Waals surface area contributed by atoms with Gasteiger partial charge in [-0.25, -0.2) is 4.79 Å². The molecule has 0 heterocycles. The van der Waals surface area contributed by atoms with Crippen molar-refractivity contribution >= 4 is 6.09 Å². The Balaban J connectivity index is 1.84. The zero-order chi connectivity index (χ0) is 17.2. The van der Waals surface area contributed by atoms with Gasteiger partial charge in [-0.3, -0.25) is 0 Å². The number of carbonyl (C=O) groups is 1. The number of benzene rings is 1. The second-order valence-electron chi connectivity index (χ2n) is 6.91. The van der Waals surface area contributed by atoms with Crippen molar-refractivity contribution in [1.29, 1.82) is 0 Å². The van der Waals surface area contributed by atoms with Gasteiger partial charge in [-0.15, -0.1) is 0 Å². The highest BCUT2D eigenvalue weighted by Crippen LogP contribution is 2.31. The van der Waals surface area contributed by atoms with E-state index >= 15 is 0 Å². The molecule has 6 nitrogen and oxygen atoms in total. The molecule has 1 amide bonds. The second kappa shape index (κ2) is 6.66. The first-order valence-electron chi connectivity index (χ1n) is 7.82.